The van der Waals surface area contributed by atoms with Crippen molar-refractivity contribution in [3.8, 4) is 0 Å². The van der Waals surface area contributed by atoms with Gasteiger partial charge in [-0.25, -0.2) is 10.2 Å². The van der Waals surface area contributed by atoms with Crippen molar-refractivity contribution in [1.82, 2.24) is 21.5 Å². The predicted octanol–water partition coefficient (Wildman–Crippen LogP) is 0.0158. The maximum atomic E-state index is 12.5. The van der Waals surface area contributed by atoms with Crippen LogP contribution >= 0.6 is 0 Å². The van der Waals surface area contributed by atoms with Crippen LogP contribution in [0, 0.1) is 5.92 Å². The average molecular weight is 376 g/mol. The van der Waals surface area contributed by atoms with E-state index in [4.69, 9.17) is 4.74 Å². The quantitative estimate of drug-likeness (QED) is 0.497. The van der Waals surface area contributed by atoms with Gasteiger partial charge in [0.2, 0.25) is 11.7 Å². The van der Waals surface area contributed by atoms with Crippen molar-refractivity contribution in [2.75, 3.05) is 6.54 Å². The summed E-state index contributed by atoms with van der Waals surface area (Å²) in [5, 5.41) is 5.03. The van der Waals surface area contributed by atoms with Gasteiger partial charge in [-0.1, -0.05) is 44.2 Å². The first-order valence-electron chi connectivity index (χ1n) is 8.71. The number of rotatable bonds is 7. The number of hydrogen-bond donors (Lipinski definition) is 4. The molecule has 1 saturated heterocycles. The van der Waals surface area contributed by atoms with E-state index in [1.165, 1.54) is 0 Å². The molecule has 27 heavy (non-hydrogen) atoms. The Morgan fingerprint density at radius 2 is 1.93 bits per heavy atom. The summed E-state index contributed by atoms with van der Waals surface area (Å²) in [4.78, 5) is 47.8. The summed E-state index contributed by atoms with van der Waals surface area (Å²) >= 11 is 0. The van der Waals surface area contributed by atoms with Gasteiger partial charge in [-0.2, -0.15) is 0 Å². The fraction of sp³-hybridized carbons (Fsp3) is 0.444. The van der Waals surface area contributed by atoms with E-state index in [0.29, 0.717) is 6.42 Å². The first-order chi connectivity index (χ1) is 12.9. The number of hydrazine groups is 1. The second-order valence-electron chi connectivity index (χ2n) is 6.65. The van der Waals surface area contributed by atoms with Crippen LogP contribution in [-0.2, 0) is 25.7 Å². The Morgan fingerprint density at radius 1 is 1.22 bits per heavy atom. The van der Waals surface area contributed by atoms with Gasteiger partial charge >= 0.3 is 12.0 Å². The number of alkyl carbamates (subject to hydrolysis) is 1. The molecule has 146 valence electrons. The molecule has 2 unspecified atom stereocenters. The van der Waals surface area contributed by atoms with Crippen molar-refractivity contribution in [2.45, 2.75) is 39.0 Å². The van der Waals surface area contributed by atoms with Crippen molar-refractivity contribution in [2.24, 2.45) is 5.92 Å². The Bertz CT molecular complexity index is 692. The van der Waals surface area contributed by atoms with Gasteiger partial charge in [0.15, 0.2) is 0 Å². The van der Waals surface area contributed by atoms with Gasteiger partial charge in [-0.3, -0.25) is 19.8 Å². The van der Waals surface area contributed by atoms with Gasteiger partial charge in [0, 0.05) is 6.54 Å². The van der Waals surface area contributed by atoms with E-state index >= 15 is 0 Å². The number of Topliss-reactive ketones (excluding diaryl/α,β-unsaturated/α-hetero) is 1. The monoisotopic (exact) mass is 376 g/mol. The molecule has 0 aromatic heterocycles. The van der Waals surface area contributed by atoms with Crippen molar-refractivity contribution >= 4 is 23.7 Å². The largest absolute Gasteiger partial charge is 0.445 e. The molecule has 1 aromatic carbocycles. The molecule has 2 atom stereocenters. The first kappa shape index (κ1) is 20.4. The Morgan fingerprint density at radius 3 is 2.59 bits per heavy atom. The summed E-state index contributed by atoms with van der Waals surface area (Å²) < 4.78 is 5.15. The van der Waals surface area contributed by atoms with Crippen LogP contribution in [0.15, 0.2) is 30.3 Å². The lowest BCUT2D eigenvalue weighted by molar-refractivity contribution is -0.142. The van der Waals surface area contributed by atoms with E-state index in [1.807, 2.05) is 44.2 Å². The maximum Gasteiger partial charge on any atom is 0.408 e. The number of ether oxygens (including phenoxy) is 1. The van der Waals surface area contributed by atoms with E-state index < -0.39 is 35.8 Å². The summed E-state index contributed by atoms with van der Waals surface area (Å²) in [6.45, 7) is 3.95. The predicted molar refractivity (Wildman–Crippen MR) is 96.1 cm³/mol. The summed E-state index contributed by atoms with van der Waals surface area (Å²) in [7, 11) is 0. The van der Waals surface area contributed by atoms with Crippen LogP contribution in [0.1, 0.15) is 25.8 Å². The highest BCUT2D eigenvalue weighted by Crippen LogP contribution is 2.07. The number of amides is 3. The minimum absolute atomic E-state index is 0.0726. The number of nitrogens with one attached hydrogen (secondary N) is 4. The highest BCUT2D eigenvalue weighted by molar-refractivity contribution is 6.39. The summed E-state index contributed by atoms with van der Waals surface area (Å²) in [6.07, 6.45) is -0.377. The van der Waals surface area contributed by atoms with Crippen LogP contribution in [0.4, 0.5) is 4.79 Å². The third-order valence-electron chi connectivity index (χ3n) is 3.89. The molecular weight excluding hydrogens is 352 g/mol. The number of carbonyl (C=O) groups excluding carboxylic acids is 4. The summed E-state index contributed by atoms with van der Waals surface area (Å²) in [5.74, 6) is -1.99. The van der Waals surface area contributed by atoms with Gasteiger partial charge in [0.1, 0.15) is 18.7 Å². The SMILES string of the molecule is CC(C)CC(NC(=O)OCc1ccccc1)C(=O)NC1CNNC(=O)C1=O. The number of carbonyl (C=O) groups is 4. The van der Waals surface area contributed by atoms with Gasteiger partial charge in [0.25, 0.3) is 0 Å². The highest BCUT2D eigenvalue weighted by atomic mass is 16.5. The Balaban J connectivity index is 1.92. The molecule has 0 radical (unpaired) electrons. The fourth-order valence-corrected chi connectivity index (χ4v) is 2.54. The number of benzene rings is 1. The van der Waals surface area contributed by atoms with Crippen molar-refractivity contribution < 1.29 is 23.9 Å². The Labute approximate surface area is 157 Å². The molecule has 1 heterocycles. The van der Waals surface area contributed by atoms with Gasteiger partial charge < -0.3 is 15.4 Å². The van der Waals surface area contributed by atoms with Crippen LogP contribution in [0.5, 0.6) is 0 Å². The molecule has 0 bridgehead atoms. The van der Waals surface area contributed by atoms with Crippen LogP contribution in [0.3, 0.4) is 0 Å². The molecular formula is C18H24N4O5. The molecule has 0 spiro atoms. The van der Waals surface area contributed by atoms with E-state index in [-0.39, 0.29) is 19.1 Å². The fourth-order valence-electron chi connectivity index (χ4n) is 2.54. The molecule has 9 heteroatoms. The zero-order valence-electron chi connectivity index (χ0n) is 15.3. The Kier molecular flexibility index (Phi) is 7.30. The van der Waals surface area contributed by atoms with E-state index in [0.717, 1.165) is 5.56 Å². The first-order valence-corrected chi connectivity index (χ1v) is 8.71. The lowest BCUT2D eigenvalue weighted by Crippen LogP contribution is -2.63. The molecule has 4 N–H and O–H groups in total. The maximum absolute atomic E-state index is 12.5. The molecule has 2 rings (SSSR count). The molecule has 0 aliphatic carbocycles. The molecule has 1 aliphatic rings. The molecule has 1 aliphatic heterocycles. The minimum atomic E-state index is -0.983. The zero-order valence-corrected chi connectivity index (χ0v) is 15.3. The molecule has 1 fully saturated rings. The molecule has 9 nitrogen and oxygen atoms in total. The van der Waals surface area contributed by atoms with Gasteiger partial charge in [-0.15, -0.1) is 0 Å². The normalized spacial score (nSPS) is 17.8. The highest BCUT2D eigenvalue weighted by Gasteiger charge is 2.33. The average Bonchev–Trinajstić information content (AvgIpc) is 2.63. The van der Waals surface area contributed by atoms with E-state index in [1.54, 1.807) is 0 Å². The molecule has 0 saturated carbocycles. The second kappa shape index (κ2) is 9.67. The standard InChI is InChI=1S/C18H24N4O5/c1-11(2)8-13(16(24)20-14-9-19-22-17(25)15(14)23)21-18(26)27-10-12-6-4-3-5-7-12/h3-7,11,13-14,19H,8-10H2,1-2H3,(H,20,24)(H,21,26)(H,22,25). The van der Waals surface area contributed by atoms with E-state index in [9.17, 15) is 19.2 Å². The third kappa shape index (κ3) is 6.37. The molecule has 1 aromatic rings. The second-order valence-corrected chi connectivity index (χ2v) is 6.65. The molecule has 3 amide bonds. The van der Waals surface area contributed by atoms with Crippen LogP contribution in [0.25, 0.3) is 0 Å². The number of hydrogen-bond acceptors (Lipinski definition) is 6. The summed E-state index contributed by atoms with van der Waals surface area (Å²) in [6, 6.07) is 7.29. The van der Waals surface area contributed by atoms with E-state index in [2.05, 4.69) is 21.5 Å². The lowest BCUT2D eigenvalue weighted by Gasteiger charge is -2.26. The van der Waals surface area contributed by atoms with Crippen molar-refractivity contribution in [3.63, 3.8) is 0 Å². The minimum Gasteiger partial charge on any atom is -0.445 e. The van der Waals surface area contributed by atoms with Crippen LogP contribution in [0.2, 0.25) is 0 Å². The lowest BCUT2D eigenvalue weighted by atomic mass is 10.0. The van der Waals surface area contributed by atoms with Gasteiger partial charge in [-0.05, 0) is 17.9 Å². The van der Waals surface area contributed by atoms with Gasteiger partial charge in [0.05, 0.1) is 0 Å². The van der Waals surface area contributed by atoms with Crippen molar-refractivity contribution in [3.05, 3.63) is 35.9 Å². The number of ketones is 1. The zero-order chi connectivity index (χ0) is 19.8. The topological polar surface area (TPSA) is 126 Å². The van der Waals surface area contributed by atoms with Crippen LogP contribution in [-0.4, -0.2) is 42.3 Å². The van der Waals surface area contributed by atoms with Crippen molar-refractivity contribution in [1.29, 1.82) is 0 Å². The smallest absolute Gasteiger partial charge is 0.408 e. The third-order valence-corrected chi connectivity index (χ3v) is 3.89. The van der Waals surface area contributed by atoms with Crippen LogP contribution < -0.4 is 21.5 Å². The summed E-state index contributed by atoms with van der Waals surface area (Å²) in [5.41, 5.74) is 5.54. The Hall–Kier alpha value is -2.94.